The Hall–Kier alpha value is -1.00. The SMILES string of the molecule is CC(C)CNCCC(C)(O)Cc1cc(F)ccc1F. The number of hydrogen-bond donors (Lipinski definition) is 2. The molecule has 1 atom stereocenters. The van der Waals surface area contributed by atoms with E-state index in [0.29, 0.717) is 18.9 Å². The van der Waals surface area contributed by atoms with Gasteiger partial charge in [-0.2, -0.15) is 0 Å². The van der Waals surface area contributed by atoms with Crippen LogP contribution in [0, 0.1) is 17.6 Å². The quantitative estimate of drug-likeness (QED) is 0.747. The number of aliphatic hydroxyl groups is 1. The molecule has 4 heteroatoms. The normalized spacial score (nSPS) is 14.7. The summed E-state index contributed by atoms with van der Waals surface area (Å²) in [5.74, 6) is -0.410. The highest BCUT2D eigenvalue weighted by molar-refractivity contribution is 5.20. The number of hydrogen-bond acceptors (Lipinski definition) is 2. The average molecular weight is 271 g/mol. The van der Waals surface area contributed by atoms with Crippen molar-refractivity contribution in [2.24, 2.45) is 5.92 Å². The summed E-state index contributed by atoms with van der Waals surface area (Å²) in [6, 6.07) is 3.32. The van der Waals surface area contributed by atoms with E-state index in [1.165, 1.54) is 0 Å². The molecule has 108 valence electrons. The van der Waals surface area contributed by atoms with E-state index < -0.39 is 17.2 Å². The van der Waals surface area contributed by atoms with Crippen LogP contribution < -0.4 is 5.32 Å². The summed E-state index contributed by atoms with van der Waals surface area (Å²) in [5.41, 5.74) is -0.827. The van der Waals surface area contributed by atoms with Gasteiger partial charge in [0.2, 0.25) is 0 Å². The predicted molar refractivity (Wildman–Crippen MR) is 73.0 cm³/mol. The van der Waals surface area contributed by atoms with Crippen LogP contribution in [0.3, 0.4) is 0 Å². The van der Waals surface area contributed by atoms with Crippen LogP contribution in [0.5, 0.6) is 0 Å². The molecule has 1 aromatic carbocycles. The number of rotatable bonds is 7. The Balaban J connectivity index is 2.51. The second-order valence-electron chi connectivity index (χ2n) is 5.76. The van der Waals surface area contributed by atoms with Crippen molar-refractivity contribution in [3.8, 4) is 0 Å². The maximum absolute atomic E-state index is 13.5. The lowest BCUT2D eigenvalue weighted by molar-refractivity contribution is 0.0504. The molecule has 2 nitrogen and oxygen atoms in total. The van der Waals surface area contributed by atoms with Crippen molar-refractivity contribution in [3.05, 3.63) is 35.4 Å². The van der Waals surface area contributed by atoms with Crippen LogP contribution >= 0.6 is 0 Å². The molecule has 1 aromatic rings. The van der Waals surface area contributed by atoms with Crippen LogP contribution in [0.2, 0.25) is 0 Å². The van der Waals surface area contributed by atoms with Crippen molar-refractivity contribution >= 4 is 0 Å². The summed E-state index contributed by atoms with van der Waals surface area (Å²) in [6.07, 6.45) is 0.607. The van der Waals surface area contributed by atoms with Gasteiger partial charge in [0.15, 0.2) is 0 Å². The molecule has 0 radical (unpaired) electrons. The number of benzene rings is 1. The summed E-state index contributed by atoms with van der Waals surface area (Å²) in [5, 5.41) is 13.4. The summed E-state index contributed by atoms with van der Waals surface area (Å²) in [7, 11) is 0. The van der Waals surface area contributed by atoms with Crippen molar-refractivity contribution in [3.63, 3.8) is 0 Å². The van der Waals surface area contributed by atoms with E-state index >= 15 is 0 Å². The van der Waals surface area contributed by atoms with Gasteiger partial charge in [-0.05, 0) is 56.1 Å². The van der Waals surface area contributed by atoms with E-state index in [2.05, 4.69) is 19.2 Å². The van der Waals surface area contributed by atoms with E-state index in [4.69, 9.17) is 0 Å². The Labute approximate surface area is 113 Å². The molecule has 0 saturated heterocycles. The van der Waals surface area contributed by atoms with Crippen molar-refractivity contribution in [2.75, 3.05) is 13.1 Å². The van der Waals surface area contributed by atoms with E-state index in [1.807, 2.05) is 0 Å². The predicted octanol–water partition coefficient (Wildman–Crippen LogP) is 2.89. The fraction of sp³-hybridized carbons (Fsp3) is 0.600. The molecular formula is C15H23F2NO. The Kier molecular flexibility index (Phi) is 5.88. The summed E-state index contributed by atoms with van der Waals surface area (Å²) < 4.78 is 26.6. The van der Waals surface area contributed by atoms with Gasteiger partial charge in [0, 0.05) is 6.42 Å². The molecule has 2 N–H and O–H groups in total. The molecule has 1 rings (SSSR count). The minimum Gasteiger partial charge on any atom is -0.390 e. The first-order valence-corrected chi connectivity index (χ1v) is 6.67. The van der Waals surface area contributed by atoms with Gasteiger partial charge < -0.3 is 10.4 Å². The first-order valence-electron chi connectivity index (χ1n) is 6.67. The summed E-state index contributed by atoms with van der Waals surface area (Å²) in [6.45, 7) is 7.39. The van der Waals surface area contributed by atoms with E-state index in [9.17, 15) is 13.9 Å². The van der Waals surface area contributed by atoms with Crippen molar-refractivity contribution in [1.82, 2.24) is 5.32 Å². The van der Waals surface area contributed by atoms with Gasteiger partial charge in [0.05, 0.1) is 5.60 Å². The Morgan fingerprint density at radius 3 is 2.63 bits per heavy atom. The van der Waals surface area contributed by atoms with Crippen molar-refractivity contribution < 1.29 is 13.9 Å². The molecule has 0 fully saturated rings. The third-order valence-corrected chi connectivity index (χ3v) is 2.97. The van der Waals surface area contributed by atoms with Crippen LogP contribution in [-0.4, -0.2) is 23.8 Å². The lowest BCUT2D eigenvalue weighted by atomic mass is 9.93. The molecule has 0 aliphatic heterocycles. The number of halogens is 2. The van der Waals surface area contributed by atoms with Crippen LogP contribution in [0.15, 0.2) is 18.2 Å². The Morgan fingerprint density at radius 1 is 1.32 bits per heavy atom. The highest BCUT2D eigenvalue weighted by Crippen LogP contribution is 2.19. The van der Waals surface area contributed by atoms with Crippen LogP contribution in [-0.2, 0) is 6.42 Å². The zero-order valence-corrected chi connectivity index (χ0v) is 11.8. The lowest BCUT2D eigenvalue weighted by Gasteiger charge is -2.24. The van der Waals surface area contributed by atoms with Gasteiger partial charge in [-0.25, -0.2) is 8.78 Å². The Bertz CT molecular complexity index is 405. The van der Waals surface area contributed by atoms with Crippen molar-refractivity contribution in [1.29, 1.82) is 0 Å². The monoisotopic (exact) mass is 271 g/mol. The van der Waals surface area contributed by atoms with Gasteiger partial charge >= 0.3 is 0 Å². The minimum atomic E-state index is -1.04. The molecule has 1 unspecified atom stereocenters. The smallest absolute Gasteiger partial charge is 0.126 e. The topological polar surface area (TPSA) is 32.3 Å². The maximum atomic E-state index is 13.5. The first kappa shape index (κ1) is 16.1. The molecule has 0 saturated carbocycles. The molecular weight excluding hydrogens is 248 g/mol. The van der Waals surface area contributed by atoms with Gasteiger partial charge in [0.25, 0.3) is 0 Å². The van der Waals surface area contributed by atoms with Gasteiger partial charge in [-0.1, -0.05) is 13.8 Å². The molecule has 0 bridgehead atoms. The summed E-state index contributed by atoms with van der Waals surface area (Å²) >= 11 is 0. The zero-order chi connectivity index (χ0) is 14.5. The molecule has 19 heavy (non-hydrogen) atoms. The minimum absolute atomic E-state index is 0.111. The zero-order valence-electron chi connectivity index (χ0n) is 11.8. The summed E-state index contributed by atoms with van der Waals surface area (Å²) in [4.78, 5) is 0. The van der Waals surface area contributed by atoms with E-state index in [1.54, 1.807) is 6.92 Å². The second kappa shape index (κ2) is 6.96. The molecule has 0 aromatic heterocycles. The molecule has 0 amide bonds. The van der Waals surface area contributed by atoms with Crippen LogP contribution in [0.1, 0.15) is 32.8 Å². The van der Waals surface area contributed by atoms with E-state index in [0.717, 1.165) is 24.7 Å². The maximum Gasteiger partial charge on any atom is 0.126 e. The standard InChI is InChI=1S/C15H23F2NO/c1-11(2)10-18-7-6-15(3,19)9-12-8-13(16)4-5-14(12)17/h4-5,8,11,18-19H,6-7,9-10H2,1-3H3. The highest BCUT2D eigenvalue weighted by Gasteiger charge is 2.22. The van der Waals surface area contributed by atoms with Gasteiger partial charge in [0.1, 0.15) is 11.6 Å². The lowest BCUT2D eigenvalue weighted by Crippen LogP contribution is -2.33. The molecule has 0 spiro atoms. The average Bonchev–Trinajstić information content (AvgIpc) is 2.29. The fourth-order valence-corrected chi connectivity index (χ4v) is 1.93. The molecule has 0 aliphatic rings. The second-order valence-corrected chi connectivity index (χ2v) is 5.76. The van der Waals surface area contributed by atoms with Gasteiger partial charge in [-0.3, -0.25) is 0 Å². The molecule has 0 heterocycles. The molecule has 0 aliphatic carbocycles. The highest BCUT2D eigenvalue weighted by atomic mass is 19.1. The third-order valence-electron chi connectivity index (χ3n) is 2.97. The van der Waals surface area contributed by atoms with Gasteiger partial charge in [-0.15, -0.1) is 0 Å². The van der Waals surface area contributed by atoms with Crippen molar-refractivity contribution in [2.45, 2.75) is 39.2 Å². The Morgan fingerprint density at radius 2 is 2.00 bits per heavy atom. The van der Waals surface area contributed by atoms with E-state index in [-0.39, 0.29) is 12.0 Å². The third kappa shape index (κ3) is 6.12. The number of nitrogens with one attached hydrogen (secondary N) is 1. The first-order chi connectivity index (χ1) is 8.80. The fourth-order valence-electron chi connectivity index (χ4n) is 1.93. The van der Waals surface area contributed by atoms with Crippen LogP contribution in [0.25, 0.3) is 0 Å². The largest absolute Gasteiger partial charge is 0.390 e. The van der Waals surface area contributed by atoms with Crippen LogP contribution in [0.4, 0.5) is 8.78 Å².